The third-order valence-corrected chi connectivity index (χ3v) is 7.22. The predicted molar refractivity (Wildman–Crippen MR) is 140 cm³/mol. The van der Waals surface area contributed by atoms with Crippen LogP contribution in [0.5, 0.6) is 0 Å². The third kappa shape index (κ3) is 19.4. The van der Waals surface area contributed by atoms with Crippen LogP contribution in [0.2, 0.25) is 0 Å². The molecule has 5 atom stereocenters. The minimum absolute atomic E-state index is 0.0857. The smallest absolute Gasteiger partial charge is 0.0573 e. The third-order valence-electron chi connectivity index (χ3n) is 7.22. The number of aliphatic hydroxyl groups is 3. The second-order valence-electron chi connectivity index (χ2n) is 11.2. The monoisotopic (exact) mass is 456 g/mol. The average molecular weight is 457 g/mol. The molecule has 0 saturated carbocycles. The summed E-state index contributed by atoms with van der Waals surface area (Å²) in [5, 5.41) is 31.0. The fourth-order valence-electron chi connectivity index (χ4n) is 4.83. The molecule has 3 nitrogen and oxygen atoms in total. The van der Waals surface area contributed by atoms with Crippen molar-refractivity contribution in [3.05, 3.63) is 0 Å². The van der Waals surface area contributed by atoms with Crippen molar-refractivity contribution in [2.45, 2.75) is 169 Å². The molecule has 194 valence electrons. The molecule has 0 aromatic heterocycles. The summed E-state index contributed by atoms with van der Waals surface area (Å²) >= 11 is 0. The van der Waals surface area contributed by atoms with E-state index in [1.807, 2.05) is 6.92 Å². The van der Waals surface area contributed by atoms with Gasteiger partial charge in [-0.05, 0) is 50.4 Å². The Morgan fingerprint density at radius 3 is 1.38 bits per heavy atom. The van der Waals surface area contributed by atoms with Crippen LogP contribution in [0.15, 0.2) is 0 Å². The van der Waals surface area contributed by atoms with E-state index < -0.39 is 12.2 Å². The fourth-order valence-corrected chi connectivity index (χ4v) is 4.83. The topological polar surface area (TPSA) is 60.7 Å². The van der Waals surface area contributed by atoms with E-state index >= 15 is 0 Å². The maximum atomic E-state index is 10.7. The van der Waals surface area contributed by atoms with Crippen molar-refractivity contribution in [2.75, 3.05) is 0 Å². The second kappa shape index (κ2) is 21.4. The van der Waals surface area contributed by atoms with E-state index in [0.29, 0.717) is 18.8 Å². The van der Waals surface area contributed by atoms with E-state index in [-0.39, 0.29) is 17.9 Å². The number of aliphatic hydroxyl groups excluding tert-OH is 3. The van der Waals surface area contributed by atoms with E-state index in [4.69, 9.17) is 0 Å². The van der Waals surface area contributed by atoms with Crippen molar-refractivity contribution in [3.63, 3.8) is 0 Å². The maximum absolute atomic E-state index is 10.7. The van der Waals surface area contributed by atoms with E-state index in [1.165, 1.54) is 83.5 Å². The van der Waals surface area contributed by atoms with Gasteiger partial charge in [0.05, 0.1) is 18.3 Å². The van der Waals surface area contributed by atoms with Gasteiger partial charge in [0, 0.05) is 0 Å². The van der Waals surface area contributed by atoms with Crippen molar-refractivity contribution >= 4 is 0 Å². The molecule has 0 radical (unpaired) electrons. The molecule has 5 unspecified atom stereocenters. The van der Waals surface area contributed by atoms with Crippen molar-refractivity contribution < 1.29 is 15.3 Å². The van der Waals surface area contributed by atoms with Crippen LogP contribution in [0.25, 0.3) is 0 Å². The Hall–Kier alpha value is -0.120. The first-order valence-electron chi connectivity index (χ1n) is 14.3. The van der Waals surface area contributed by atoms with Crippen LogP contribution in [0.4, 0.5) is 0 Å². The lowest BCUT2D eigenvalue weighted by Crippen LogP contribution is -2.30. The average Bonchev–Trinajstić information content (AvgIpc) is 2.73. The molecule has 0 aliphatic heterocycles. The molecule has 3 heteroatoms. The minimum atomic E-state index is -0.437. The quantitative estimate of drug-likeness (QED) is 0.136. The van der Waals surface area contributed by atoms with Gasteiger partial charge in [-0.15, -0.1) is 0 Å². The largest absolute Gasteiger partial charge is 0.393 e. The highest BCUT2D eigenvalue weighted by Crippen LogP contribution is 2.27. The van der Waals surface area contributed by atoms with Gasteiger partial charge < -0.3 is 15.3 Å². The highest BCUT2D eigenvalue weighted by Gasteiger charge is 2.26. The minimum Gasteiger partial charge on any atom is -0.393 e. The number of rotatable bonds is 23. The summed E-state index contributed by atoms with van der Waals surface area (Å²) in [4.78, 5) is 0. The Balaban J connectivity index is 3.80. The Morgan fingerprint density at radius 2 is 0.969 bits per heavy atom. The van der Waals surface area contributed by atoms with Crippen LogP contribution in [0.1, 0.15) is 150 Å². The molecule has 0 rings (SSSR count). The van der Waals surface area contributed by atoms with Gasteiger partial charge in [-0.25, -0.2) is 0 Å². The van der Waals surface area contributed by atoms with Crippen LogP contribution >= 0.6 is 0 Å². The Kier molecular flexibility index (Phi) is 21.3. The van der Waals surface area contributed by atoms with E-state index in [2.05, 4.69) is 20.8 Å². The zero-order valence-electron chi connectivity index (χ0n) is 22.5. The van der Waals surface area contributed by atoms with Crippen molar-refractivity contribution in [3.8, 4) is 0 Å². The zero-order valence-corrected chi connectivity index (χ0v) is 22.5. The van der Waals surface area contributed by atoms with Gasteiger partial charge in [-0.2, -0.15) is 0 Å². The van der Waals surface area contributed by atoms with E-state index in [9.17, 15) is 15.3 Å². The summed E-state index contributed by atoms with van der Waals surface area (Å²) in [7, 11) is 0. The molecule has 0 aliphatic rings. The zero-order chi connectivity index (χ0) is 24.2. The predicted octanol–water partition coefficient (Wildman–Crippen LogP) is 8.04. The first kappa shape index (κ1) is 31.9. The number of hydrogen-bond acceptors (Lipinski definition) is 3. The van der Waals surface area contributed by atoms with Crippen LogP contribution in [-0.4, -0.2) is 33.6 Å². The van der Waals surface area contributed by atoms with Crippen LogP contribution in [-0.2, 0) is 0 Å². The van der Waals surface area contributed by atoms with Gasteiger partial charge in [-0.1, -0.05) is 118 Å². The molecule has 0 saturated heterocycles. The molecule has 0 amide bonds. The summed E-state index contributed by atoms with van der Waals surface area (Å²) in [5.41, 5.74) is 0. The molecule has 0 aliphatic carbocycles. The summed E-state index contributed by atoms with van der Waals surface area (Å²) < 4.78 is 0. The lowest BCUT2D eigenvalue weighted by atomic mass is 9.82. The van der Waals surface area contributed by atoms with Gasteiger partial charge in [-0.3, -0.25) is 0 Å². The molecule has 0 fully saturated rings. The van der Waals surface area contributed by atoms with Crippen LogP contribution < -0.4 is 0 Å². The molecular formula is C29H60O3. The Morgan fingerprint density at radius 1 is 0.531 bits per heavy atom. The summed E-state index contributed by atoms with van der Waals surface area (Å²) in [6.45, 7) is 10.4. The highest BCUT2D eigenvalue weighted by molar-refractivity contribution is 4.77. The van der Waals surface area contributed by atoms with Crippen molar-refractivity contribution in [1.29, 1.82) is 0 Å². The van der Waals surface area contributed by atoms with E-state index in [1.54, 1.807) is 6.92 Å². The van der Waals surface area contributed by atoms with Gasteiger partial charge in [0.2, 0.25) is 0 Å². The van der Waals surface area contributed by atoms with Crippen molar-refractivity contribution in [1.82, 2.24) is 0 Å². The summed E-state index contributed by atoms with van der Waals surface area (Å²) in [6, 6.07) is 0. The second-order valence-corrected chi connectivity index (χ2v) is 11.2. The summed E-state index contributed by atoms with van der Waals surface area (Å²) in [5.74, 6) is 0.713. The highest BCUT2D eigenvalue weighted by atomic mass is 16.3. The Bertz CT molecular complexity index is 383. The fraction of sp³-hybridized carbons (Fsp3) is 1.00. The summed E-state index contributed by atoms with van der Waals surface area (Å²) in [6.07, 6.45) is 20.9. The lowest BCUT2D eigenvalue weighted by molar-refractivity contribution is 0.0172. The molecule has 3 N–H and O–H groups in total. The molecular weight excluding hydrogens is 396 g/mol. The van der Waals surface area contributed by atoms with Gasteiger partial charge >= 0.3 is 0 Å². The van der Waals surface area contributed by atoms with Gasteiger partial charge in [0.25, 0.3) is 0 Å². The van der Waals surface area contributed by atoms with Gasteiger partial charge in [0.1, 0.15) is 0 Å². The number of hydrogen-bond donors (Lipinski definition) is 3. The molecule has 0 heterocycles. The molecule has 0 spiro atoms. The molecule has 32 heavy (non-hydrogen) atoms. The standard InChI is InChI=1S/C29H60O3/c1-6-7-8-9-10-11-12-13-14-15-16-17-18-19-20-28(31)23-27(21-24(2)3)29(32)22-25(4)26(5)30/h24-32H,6-23H2,1-5H3. The van der Waals surface area contributed by atoms with Crippen LogP contribution in [0.3, 0.4) is 0 Å². The SMILES string of the molecule is CCCCCCCCCCCCCCCCC(O)CC(CC(C)C)C(O)CC(C)C(C)O. The molecule has 0 bridgehead atoms. The molecule has 0 aromatic carbocycles. The van der Waals surface area contributed by atoms with E-state index in [0.717, 1.165) is 19.3 Å². The first-order valence-corrected chi connectivity index (χ1v) is 14.3. The Labute approximate surface area is 201 Å². The number of unbranched alkanes of at least 4 members (excludes halogenated alkanes) is 13. The van der Waals surface area contributed by atoms with Crippen LogP contribution in [0, 0.1) is 17.8 Å². The maximum Gasteiger partial charge on any atom is 0.0573 e. The molecule has 0 aromatic rings. The van der Waals surface area contributed by atoms with Crippen molar-refractivity contribution in [2.24, 2.45) is 17.8 Å². The first-order chi connectivity index (χ1) is 15.3. The van der Waals surface area contributed by atoms with Gasteiger partial charge in [0.15, 0.2) is 0 Å². The normalized spacial score (nSPS) is 16.8. The lowest BCUT2D eigenvalue weighted by Gasteiger charge is -2.29.